The Labute approximate surface area is 105 Å². The van der Waals surface area contributed by atoms with E-state index in [0.717, 1.165) is 4.90 Å². The predicted octanol–water partition coefficient (Wildman–Crippen LogP) is 2.02. The fourth-order valence-electron chi connectivity index (χ4n) is 1.42. The average molecular weight is 256 g/mol. The molecule has 17 heavy (non-hydrogen) atoms. The molecule has 5 heteroatoms. The largest absolute Gasteiger partial charge is 0.508 e. The molecular formula is C12H16O4S. The minimum Gasteiger partial charge on any atom is -0.508 e. The Morgan fingerprint density at radius 1 is 1.53 bits per heavy atom. The second kappa shape index (κ2) is 5.93. The SMILES string of the molecule is CCOC(=O)C(O)c1cc(O)c(C)cc1SC. The summed E-state index contributed by atoms with van der Waals surface area (Å²) in [5.41, 5.74) is 1.08. The highest BCUT2D eigenvalue weighted by Gasteiger charge is 2.22. The zero-order chi connectivity index (χ0) is 13.0. The molecule has 0 aliphatic heterocycles. The van der Waals surface area contributed by atoms with Crippen LogP contribution in [0.5, 0.6) is 5.75 Å². The van der Waals surface area contributed by atoms with Gasteiger partial charge in [-0.1, -0.05) is 0 Å². The van der Waals surface area contributed by atoms with Crippen molar-refractivity contribution < 1.29 is 19.7 Å². The van der Waals surface area contributed by atoms with E-state index >= 15 is 0 Å². The van der Waals surface area contributed by atoms with Gasteiger partial charge in [-0.15, -0.1) is 11.8 Å². The van der Waals surface area contributed by atoms with Gasteiger partial charge in [0.25, 0.3) is 0 Å². The first-order valence-electron chi connectivity index (χ1n) is 5.23. The van der Waals surface area contributed by atoms with E-state index in [-0.39, 0.29) is 12.4 Å². The Balaban J connectivity index is 3.11. The molecule has 2 N–H and O–H groups in total. The number of hydrogen-bond acceptors (Lipinski definition) is 5. The number of aliphatic hydroxyl groups is 1. The van der Waals surface area contributed by atoms with Gasteiger partial charge in [-0.05, 0) is 37.8 Å². The van der Waals surface area contributed by atoms with Gasteiger partial charge in [-0.25, -0.2) is 4.79 Å². The Morgan fingerprint density at radius 2 is 2.18 bits per heavy atom. The number of carbonyl (C=O) groups excluding carboxylic acids is 1. The van der Waals surface area contributed by atoms with Gasteiger partial charge in [0.05, 0.1) is 6.61 Å². The number of hydrogen-bond donors (Lipinski definition) is 2. The van der Waals surface area contributed by atoms with Crippen molar-refractivity contribution >= 4 is 17.7 Å². The predicted molar refractivity (Wildman–Crippen MR) is 66.2 cm³/mol. The number of phenolic OH excluding ortho intramolecular Hbond substituents is 1. The fourth-order valence-corrected chi connectivity index (χ4v) is 2.13. The Morgan fingerprint density at radius 3 is 2.71 bits per heavy atom. The van der Waals surface area contributed by atoms with Crippen LogP contribution >= 0.6 is 11.8 Å². The van der Waals surface area contributed by atoms with E-state index in [0.29, 0.717) is 11.1 Å². The van der Waals surface area contributed by atoms with Gasteiger partial charge in [-0.3, -0.25) is 0 Å². The molecule has 0 saturated heterocycles. The minimum absolute atomic E-state index is 0.0566. The number of aliphatic hydroxyl groups excluding tert-OH is 1. The van der Waals surface area contributed by atoms with Crippen molar-refractivity contribution in [3.05, 3.63) is 23.3 Å². The van der Waals surface area contributed by atoms with Gasteiger partial charge in [0.1, 0.15) is 5.75 Å². The molecule has 0 saturated carbocycles. The van der Waals surface area contributed by atoms with E-state index in [1.54, 1.807) is 19.9 Å². The Bertz CT molecular complexity index is 417. The van der Waals surface area contributed by atoms with E-state index < -0.39 is 12.1 Å². The topological polar surface area (TPSA) is 66.8 Å². The highest BCUT2D eigenvalue weighted by atomic mass is 32.2. The molecule has 0 aromatic heterocycles. The fraction of sp³-hybridized carbons (Fsp3) is 0.417. The third-order valence-corrected chi connectivity index (χ3v) is 3.15. The number of thioether (sulfide) groups is 1. The van der Waals surface area contributed by atoms with Gasteiger partial charge < -0.3 is 14.9 Å². The number of phenols is 1. The average Bonchev–Trinajstić information content (AvgIpc) is 2.31. The molecule has 0 spiro atoms. The van der Waals surface area contributed by atoms with Crippen LogP contribution in [0.1, 0.15) is 24.2 Å². The van der Waals surface area contributed by atoms with Crippen molar-refractivity contribution in [3.8, 4) is 5.75 Å². The number of benzene rings is 1. The van der Waals surface area contributed by atoms with E-state index in [1.165, 1.54) is 17.8 Å². The maximum Gasteiger partial charge on any atom is 0.339 e. The molecule has 0 fully saturated rings. The van der Waals surface area contributed by atoms with Crippen LogP contribution in [0.3, 0.4) is 0 Å². The minimum atomic E-state index is -1.36. The summed E-state index contributed by atoms with van der Waals surface area (Å²) in [5.74, 6) is -0.646. The van der Waals surface area contributed by atoms with Crippen molar-refractivity contribution in [1.82, 2.24) is 0 Å². The van der Waals surface area contributed by atoms with Crippen molar-refractivity contribution in [1.29, 1.82) is 0 Å². The van der Waals surface area contributed by atoms with E-state index in [2.05, 4.69) is 0 Å². The van der Waals surface area contributed by atoms with E-state index in [4.69, 9.17) is 4.74 Å². The molecule has 1 aromatic rings. The number of ether oxygens (including phenoxy) is 1. The standard InChI is InChI=1S/C12H16O4S/c1-4-16-12(15)11(14)8-6-9(13)7(2)5-10(8)17-3/h5-6,11,13-14H,4H2,1-3H3. The number of carbonyl (C=O) groups is 1. The van der Waals surface area contributed by atoms with Crippen LogP contribution < -0.4 is 0 Å². The Kier molecular flexibility index (Phi) is 4.84. The van der Waals surface area contributed by atoms with Gasteiger partial charge in [0, 0.05) is 10.5 Å². The Hall–Kier alpha value is -1.20. The lowest BCUT2D eigenvalue weighted by atomic mass is 10.1. The molecule has 0 amide bonds. The van der Waals surface area contributed by atoms with Crippen LogP contribution in [0.25, 0.3) is 0 Å². The molecular weight excluding hydrogens is 240 g/mol. The lowest BCUT2D eigenvalue weighted by molar-refractivity contribution is -0.153. The normalized spacial score (nSPS) is 12.2. The van der Waals surface area contributed by atoms with Crippen LogP contribution in [0.15, 0.2) is 17.0 Å². The maximum atomic E-state index is 11.4. The number of aryl methyl sites for hydroxylation is 1. The van der Waals surface area contributed by atoms with Crippen molar-refractivity contribution in [3.63, 3.8) is 0 Å². The van der Waals surface area contributed by atoms with Crippen LogP contribution in [0, 0.1) is 6.92 Å². The third-order valence-electron chi connectivity index (χ3n) is 2.35. The van der Waals surface area contributed by atoms with Gasteiger partial charge in [0.15, 0.2) is 6.10 Å². The van der Waals surface area contributed by atoms with E-state index in [1.807, 2.05) is 6.26 Å². The second-order valence-electron chi connectivity index (χ2n) is 3.54. The first-order valence-corrected chi connectivity index (χ1v) is 6.46. The summed E-state index contributed by atoms with van der Waals surface area (Å²) in [5, 5.41) is 19.5. The second-order valence-corrected chi connectivity index (χ2v) is 4.38. The van der Waals surface area contributed by atoms with E-state index in [9.17, 15) is 15.0 Å². The van der Waals surface area contributed by atoms with Crippen molar-refractivity contribution in [2.75, 3.05) is 12.9 Å². The molecule has 1 aromatic carbocycles. The first-order chi connectivity index (χ1) is 8.01. The van der Waals surface area contributed by atoms with Gasteiger partial charge in [0.2, 0.25) is 0 Å². The number of aromatic hydroxyl groups is 1. The van der Waals surface area contributed by atoms with Crippen LogP contribution in [-0.2, 0) is 9.53 Å². The first kappa shape index (κ1) is 13.9. The van der Waals surface area contributed by atoms with Crippen molar-refractivity contribution in [2.45, 2.75) is 24.8 Å². The quantitative estimate of drug-likeness (QED) is 0.637. The molecule has 4 nitrogen and oxygen atoms in total. The zero-order valence-corrected chi connectivity index (χ0v) is 10.9. The highest BCUT2D eigenvalue weighted by Crippen LogP contribution is 2.32. The van der Waals surface area contributed by atoms with Crippen LogP contribution in [0.4, 0.5) is 0 Å². The molecule has 94 valence electrons. The smallest absolute Gasteiger partial charge is 0.339 e. The molecule has 0 heterocycles. The molecule has 0 aliphatic rings. The van der Waals surface area contributed by atoms with Crippen LogP contribution in [-0.4, -0.2) is 29.0 Å². The maximum absolute atomic E-state index is 11.4. The summed E-state index contributed by atoms with van der Waals surface area (Å²) in [6, 6.07) is 3.14. The van der Waals surface area contributed by atoms with Crippen molar-refractivity contribution in [2.24, 2.45) is 0 Å². The molecule has 0 bridgehead atoms. The lowest BCUT2D eigenvalue weighted by Crippen LogP contribution is -2.16. The molecule has 0 radical (unpaired) electrons. The number of esters is 1. The third kappa shape index (κ3) is 3.14. The van der Waals surface area contributed by atoms with Gasteiger partial charge >= 0.3 is 5.97 Å². The summed E-state index contributed by atoms with van der Waals surface area (Å²) in [6.07, 6.45) is 0.483. The molecule has 1 rings (SSSR count). The molecule has 0 aliphatic carbocycles. The molecule has 1 unspecified atom stereocenters. The van der Waals surface area contributed by atoms with Gasteiger partial charge in [-0.2, -0.15) is 0 Å². The summed E-state index contributed by atoms with van der Waals surface area (Å²) in [7, 11) is 0. The summed E-state index contributed by atoms with van der Waals surface area (Å²) >= 11 is 1.40. The summed E-state index contributed by atoms with van der Waals surface area (Å²) in [4.78, 5) is 12.2. The summed E-state index contributed by atoms with van der Waals surface area (Å²) < 4.78 is 4.75. The monoisotopic (exact) mass is 256 g/mol. The lowest BCUT2D eigenvalue weighted by Gasteiger charge is -2.14. The zero-order valence-electron chi connectivity index (χ0n) is 10.1. The summed E-state index contributed by atoms with van der Waals surface area (Å²) in [6.45, 7) is 3.64. The highest BCUT2D eigenvalue weighted by molar-refractivity contribution is 7.98. The number of rotatable bonds is 4. The molecule has 1 atom stereocenters. The van der Waals surface area contributed by atoms with Crippen LogP contribution in [0.2, 0.25) is 0 Å².